The molecule has 46 heavy (non-hydrogen) atoms. The highest BCUT2D eigenvalue weighted by Crippen LogP contribution is 2.35. The SMILES string of the molecule is COc1cc(C)[nH]c(=O)c1CNC(=O)c1cc2c(-c3ccnc(N(C)C)c3)ccn2c(C(C)N2CCN(C(F)C(F)F)CC2)c1C. The largest absolute Gasteiger partial charge is 0.496 e. The predicted octanol–water partition coefficient (Wildman–Crippen LogP) is 4.55. The Bertz CT molecular complexity index is 1780. The number of nitrogens with one attached hydrogen (secondary N) is 2. The van der Waals surface area contributed by atoms with E-state index in [1.54, 1.807) is 19.2 Å². The summed E-state index contributed by atoms with van der Waals surface area (Å²) >= 11 is 0. The number of carbonyl (C=O) groups is 1. The molecule has 0 aromatic carbocycles. The number of H-pyrrole nitrogens is 1. The number of halogens is 3. The summed E-state index contributed by atoms with van der Waals surface area (Å²) in [5.74, 6) is 0.793. The molecule has 5 rings (SSSR count). The second kappa shape index (κ2) is 13.6. The van der Waals surface area contributed by atoms with E-state index in [0.29, 0.717) is 35.7 Å². The van der Waals surface area contributed by atoms with Gasteiger partial charge in [0.15, 0.2) is 0 Å². The smallest absolute Gasteiger partial charge is 0.282 e. The number of nitrogens with zero attached hydrogens (tertiary/aromatic N) is 5. The van der Waals surface area contributed by atoms with Gasteiger partial charge in [0.2, 0.25) is 6.30 Å². The molecule has 0 aliphatic carbocycles. The fourth-order valence-electron chi connectivity index (χ4n) is 6.19. The fraction of sp³-hybridized carbons (Fsp3) is 0.424. The number of hydrogen-bond donors (Lipinski definition) is 2. The highest BCUT2D eigenvalue weighted by Gasteiger charge is 2.33. The predicted molar refractivity (Wildman–Crippen MR) is 172 cm³/mol. The zero-order valence-electron chi connectivity index (χ0n) is 26.9. The van der Waals surface area contributed by atoms with Crippen molar-refractivity contribution in [3.05, 3.63) is 81.2 Å². The minimum absolute atomic E-state index is 0.0476. The number of fused-ring (bicyclic) bond motifs is 1. The molecule has 4 aromatic rings. The van der Waals surface area contributed by atoms with E-state index in [9.17, 15) is 22.8 Å². The first-order chi connectivity index (χ1) is 21.9. The first-order valence-corrected chi connectivity index (χ1v) is 15.1. The van der Waals surface area contributed by atoms with Crippen molar-refractivity contribution in [2.75, 3.05) is 52.3 Å². The van der Waals surface area contributed by atoms with E-state index in [-0.39, 0.29) is 37.1 Å². The van der Waals surface area contributed by atoms with Gasteiger partial charge in [0, 0.05) is 81.2 Å². The van der Waals surface area contributed by atoms with Gasteiger partial charge in [-0.2, -0.15) is 0 Å². The molecule has 1 amide bonds. The number of aromatic nitrogens is 3. The molecule has 2 atom stereocenters. The second-order valence-electron chi connectivity index (χ2n) is 11.8. The number of amides is 1. The summed E-state index contributed by atoms with van der Waals surface area (Å²) in [5.41, 5.74) is 5.21. The van der Waals surface area contributed by atoms with Gasteiger partial charge in [0.1, 0.15) is 11.6 Å². The fourth-order valence-corrected chi connectivity index (χ4v) is 6.19. The van der Waals surface area contributed by atoms with E-state index < -0.39 is 12.7 Å². The molecular weight excluding hydrogens is 599 g/mol. The maximum absolute atomic E-state index is 14.1. The minimum Gasteiger partial charge on any atom is -0.496 e. The average Bonchev–Trinajstić information content (AvgIpc) is 3.46. The maximum Gasteiger partial charge on any atom is 0.282 e. The summed E-state index contributed by atoms with van der Waals surface area (Å²) in [5, 5.41) is 2.91. The van der Waals surface area contributed by atoms with Crippen LogP contribution in [0.1, 0.15) is 45.8 Å². The van der Waals surface area contributed by atoms with Gasteiger partial charge in [-0.3, -0.25) is 19.4 Å². The number of anilines is 1. The zero-order valence-corrected chi connectivity index (χ0v) is 26.9. The molecule has 0 saturated carbocycles. The number of pyridine rings is 3. The topological polar surface area (TPSA) is 98.2 Å². The molecule has 2 unspecified atom stereocenters. The second-order valence-corrected chi connectivity index (χ2v) is 11.8. The highest BCUT2D eigenvalue weighted by molar-refractivity contribution is 5.98. The molecular formula is C33H40F3N7O3. The van der Waals surface area contributed by atoms with Gasteiger partial charge >= 0.3 is 0 Å². The van der Waals surface area contributed by atoms with Gasteiger partial charge in [0.05, 0.1) is 24.7 Å². The number of ether oxygens (including phenoxy) is 1. The van der Waals surface area contributed by atoms with Crippen LogP contribution in [-0.2, 0) is 6.54 Å². The monoisotopic (exact) mass is 639 g/mol. The molecule has 0 bridgehead atoms. The van der Waals surface area contributed by atoms with Crippen molar-refractivity contribution in [3.8, 4) is 16.9 Å². The molecule has 0 radical (unpaired) electrons. The zero-order chi connectivity index (χ0) is 33.3. The molecule has 0 spiro atoms. The quantitative estimate of drug-likeness (QED) is 0.246. The number of carbonyl (C=O) groups excluding carboxylic acids is 1. The van der Waals surface area contributed by atoms with Crippen LogP contribution in [-0.4, -0.2) is 90.2 Å². The Morgan fingerprint density at radius 1 is 1.09 bits per heavy atom. The summed E-state index contributed by atoms with van der Waals surface area (Å²) in [6.45, 7) is 6.67. The van der Waals surface area contributed by atoms with Crippen LogP contribution in [0.5, 0.6) is 5.75 Å². The van der Waals surface area contributed by atoms with Crippen LogP contribution >= 0.6 is 0 Å². The van der Waals surface area contributed by atoms with E-state index >= 15 is 0 Å². The van der Waals surface area contributed by atoms with Crippen molar-refractivity contribution in [1.29, 1.82) is 0 Å². The first kappa shape index (κ1) is 33.0. The Balaban J connectivity index is 1.55. The minimum atomic E-state index is -3.06. The van der Waals surface area contributed by atoms with Crippen molar-refractivity contribution in [1.82, 2.24) is 29.5 Å². The van der Waals surface area contributed by atoms with Crippen molar-refractivity contribution in [2.24, 2.45) is 0 Å². The Hall–Kier alpha value is -4.36. The van der Waals surface area contributed by atoms with Crippen LogP contribution in [0.15, 0.2) is 47.5 Å². The van der Waals surface area contributed by atoms with Gasteiger partial charge in [-0.05, 0) is 62.2 Å². The van der Waals surface area contributed by atoms with Crippen LogP contribution in [0.25, 0.3) is 16.6 Å². The third-order valence-corrected chi connectivity index (χ3v) is 8.74. The molecule has 1 fully saturated rings. The van der Waals surface area contributed by atoms with Gasteiger partial charge in [0.25, 0.3) is 17.9 Å². The number of aromatic amines is 1. The van der Waals surface area contributed by atoms with Crippen LogP contribution in [0.3, 0.4) is 0 Å². The number of methoxy groups -OCH3 is 1. The molecule has 1 saturated heterocycles. The number of aryl methyl sites for hydroxylation is 1. The summed E-state index contributed by atoms with van der Waals surface area (Å²) < 4.78 is 47.6. The lowest BCUT2D eigenvalue weighted by atomic mass is 9.98. The number of hydrogen-bond acceptors (Lipinski definition) is 7. The lowest BCUT2D eigenvalue weighted by Crippen LogP contribution is -2.51. The summed E-state index contributed by atoms with van der Waals surface area (Å²) in [4.78, 5) is 39.0. The summed E-state index contributed by atoms with van der Waals surface area (Å²) in [6, 6.07) is 9.19. The van der Waals surface area contributed by atoms with Gasteiger partial charge in [-0.25, -0.2) is 18.2 Å². The van der Waals surface area contributed by atoms with Gasteiger partial charge < -0.3 is 24.3 Å². The molecule has 13 heteroatoms. The molecule has 4 aromatic heterocycles. The molecule has 10 nitrogen and oxygen atoms in total. The first-order valence-electron chi connectivity index (χ1n) is 15.1. The van der Waals surface area contributed by atoms with E-state index in [1.807, 2.05) is 63.3 Å². The van der Waals surface area contributed by atoms with E-state index in [4.69, 9.17) is 4.74 Å². The maximum atomic E-state index is 14.1. The Labute approximate surface area is 265 Å². The van der Waals surface area contributed by atoms with Gasteiger partial charge in [-0.1, -0.05) is 0 Å². The van der Waals surface area contributed by atoms with E-state index in [2.05, 4.69) is 24.6 Å². The standard InChI is InChI=1S/C33H40F3N7O3/c1-19-15-27(46-6)25(33(45)39-19)18-38-32(44)24-17-26-23(22-7-9-37-28(16-22)40(4)5)8-10-43(26)29(20(24)2)21(3)41-11-13-42(14-12-41)31(36)30(34)35/h7-10,15-17,21,30-31H,11-14,18H2,1-6H3,(H,38,44)(H,39,45). The lowest BCUT2D eigenvalue weighted by Gasteiger charge is -2.39. The summed E-state index contributed by atoms with van der Waals surface area (Å²) in [6.07, 6.45) is -1.65. The normalized spacial score (nSPS) is 15.7. The summed E-state index contributed by atoms with van der Waals surface area (Å²) in [7, 11) is 5.30. The Morgan fingerprint density at radius 2 is 1.78 bits per heavy atom. The Morgan fingerprint density at radius 3 is 2.43 bits per heavy atom. The molecule has 5 heterocycles. The van der Waals surface area contributed by atoms with Crippen LogP contribution in [0.4, 0.5) is 19.0 Å². The molecule has 246 valence electrons. The lowest BCUT2D eigenvalue weighted by molar-refractivity contribution is -0.0688. The van der Waals surface area contributed by atoms with E-state index in [0.717, 1.165) is 33.7 Å². The number of alkyl halides is 3. The van der Waals surface area contributed by atoms with Crippen molar-refractivity contribution in [2.45, 2.75) is 46.1 Å². The van der Waals surface area contributed by atoms with Crippen LogP contribution < -0.4 is 20.5 Å². The van der Waals surface area contributed by atoms with Crippen LogP contribution in [0, 0.1) is 13.8 Å². The highest BCUT2D eigenvalue weighted by atomic mass is 19.3. The van der Waals surface area contributed by atoms with E-state index in [1.165, 1.54) is 12.0 Å². The number of rotatable bonds is 10. The van der Waals surface area contributed by atoms with Crippen molar-refractivity contribution < 1.29 is 22.7 Å². The third-order valence-electron chi connectivity index (χ3n) is 8.74. The third kappa shape index (κ3) is 6.47. The van der Waals surface area contributed by atoms with Crippen molar-refractivity contribution in [3.63, 3.8) is 0 Å². The van der Waals surface area contributed by atoms with Crippen molar-refractivity contribution >= 4 is 17.2 Å². The number of piperazine rings is 1. The molecule has 1 aliphatic heterocycles. The molecule has 2 N–H and O–H groups in total. The molecule has 1 aliphatic rings. The Kier molecular flexibility index (Phi) is 9.73. The van der Waals surface area contributed by atoms with Crippen LogP contribution in [0.2, 0.25) is 0 Å². The average molecular weight is 640 g/mol. The van der Waals surface area contributed by atoms with Gasteiger partial charge in [-0.15, -0.1) is 0 Å².